The lowest BCUT2D eigenvalue weighted by atomic mass is 10.0. The average Bonchev–Trinajstić information content (AvgIpc) is 2.26. The molecule has 0 aromatic heterocycles. The molecule has 0 radical (unpaired) electrons. The van der Waals surface area contributed by atoms with Gasteiger partial charge in [0.25, 0.3) is 0 Å². The van der Waals surface area contributed by atoms with Gasteiger partial charge in [0, 0.05) is 14.9 Å². The van der Waals surface area contributed by atoms with Crippen molar-refractivity contribution in [1.82, 2.24) is 10.6 Å². The number of nitrogens with one attached hydrogen (secondary N) is 2. The highest BCUT2D eigenvalue weighted by molar-refractivity contribution is 14.0. The van der Waals surface area contributed by atoms with Gasteiger partial charge in [-0.05, 0) is 18.9 Å². The summed E-state index contributed by atoms with van der Waals surface area (Å²) < 4.78 is 0. The highest BCUT2D eigenvalue weighted by Crippen LogP contribution is 2.04. The van der Waals surface area contributed by atoms with E-state index in [1.807, 2.05) is 27.7 Å². The molecule has 0 aliphatic heterocycles. The molecule has 5 nitrogen and oxygen atoms in total. The molecule has 2 amide bonds. The number of carbonyl (C=O) groups excluding carboxylic acids is 2. The molecule has 0 heterocycles. The van der Waals surface area contributed by atoms with Gasteiger partial charge in [0.05, 0.1) is 0 Å². The first kappa shape index (κ1) is 22.8. The van der Waals surface area contributed by atoms with Gasteiger partial charge in [-0.15, -0.1) is 24.0 Å². The van der Waals surface area contributed by atoms with E-state index in [-0.39, 0.29) is 43.1 Å². The Hall–Kier alpha value is -0.370. The summed E-state index contributed by atoms with van der Waals surface area (Å²) in [5.41, 5.74) is 4.50. The lowest BCUT2D eigenvalue weighted by Gasteiger charge is -2.21. The van der Waals surface area contributed by atoms with E-state index < -0.39 is 6.04 Å². The molecule has 0 fully saturated rings. The molecule has 0 saturated carbocycles. The first-order valence-electron chi connectivity index (χ1n) is 5.97. The number of hydrogen-bond donors (Lipinski definition) is 3. The van der Waals surface area contributed by atoms with Crippen LogP contribution in [-0.4, -0.2) is 32.0 Å². The molecule has 6 heteroatoms. The fourth-order valence-corrected chi connectivity index (χ4v) is 1.29. The highest BCUT2D eigenvalue weighted by Gasteiger charge is 2.22. The second kappa shape index (κ2) is 13.1. The smallest absolute Gasteiger partial charge is 0.242 e. The fraction of sp³-hybridized carbons (Fsp3) is 0.833. The molecule has 0 aromatic rings. The minimum Gasteiger partial charge on any atom is -0.357 e. The normalized spacial score (nSPS) is 10.9. The minimum absolute atomic E-state index is 0. The number of carbonyl (C=O) groups is 2. The van der Waals surface area contributed by atoms with Crippen molar-refractivity contribution in [3.05, 3.63) is 0 Å². The zero-order valence-electron chi connectivity index (χ0n) is 12.2. The topological polar surface area (TPSA) is 84.2 Å². The van der Waals surface area contributed by atoms with Gasteiger partial charge in [-0.2, -0.15) is 0 Å². The van der Waals surface area contributed by atoms with Crippen LogP contribution in [0.25, 0.3) is 0 Å². The molecule has 0 aromatic carbocycles. The molecule has 0 saturated heterocycles. The molecule has 1 atom stereocenters. The summed E-state index contributed by atoms with van der Waals surface area (Å²) in [5.74, 6) is 0.206. The second-order valence-electron chi connectivity index (χ2n) is 4.50. The van der Waals surface area contributed by atoms with Crippen molar-refractivity contribution < 1.29 is 11.0 Å². The number of halogens is 1. The Kier molecular flexibility index (Phi) is 16.5. The van der Waals surface area contributed by atoms with Crippen LogP contribution in [0.5, 0.6) is 0 Å². The molecular weight excluding hydrogens is 345 g/mol. The van der Waals surface area contributed by atoms with E-state index in [1.165, 1.54) is 7.05 Å². The Morgan fingerprint density at radius 3 is 1.89 bits per heavy atom. The summed E-state index contributed by atoms with van der Waals surface area (Å²) >= 11 is 0. The predicted molar refractivity (Wildman–Crippen MR) is 87.9 cm³/mol. The third kappa shape index (κ3) is 10.8. The Bertz CT molecular complexity index is 239. The van der Waals surface area contributed by atoms with E-state index in [0.29, 0.717) is 12.3 Å². The van der Waals surface area contributed by atoms with E-state index >= 15 is 0 Å². The Morgan fingerprint density at radius 2 is 1.61 bits per heavy atom. The van der Waals surface area contributed by atoms with Crippen molar-refractivity contribution in [2.24, 2.45) is 17.6 Å². The maximum absolute atomic E-state index is 11.5. The monoisotopic (exact) mass is 375 g/mol. The van der Waals surface area contributed by atoms with Crippen LogP contribution in [0.2, 0.25) is 0 Å². The third-order valence-corrected chi connectivity index (χ3v) is 2.11. The minimum atomic E-state index is -0.429. The summed E-state index contributed by atoms with van der Waals surface area (Å²) in [5, 5.41) is 5.30. The number of likely N-dealkylation sites (N-methyl/N-ethyl adjacent to an activating group) is 1. The van der Waals surface area contributed by atoms with E-state index in [1.54, 1.807) is 7.05 Å². The van der Waals surface area contributed by atoms with Crippen LogP contribution in [0, 0.1) is 11.8 Å². The molecule has 0 unspecified atom stereocenters. The van der Waals surface area contributed by atoms with Gasteiger partial charge in [0.15, 0.2) is 0 Å². The maximum atomic E-state index is 11.5. The SMILES string of the molecule is CN.CNC(=O)[C@@H](NC(=O)CC(C)C)C(C)C.I.[HH]. The summed E-state index contributed by atoms with van der Waals surface area (Å²) in [7, 11) is 3.08. The number of amides is 2. The first-order chi connectivity index (χ1) is 7.88. The number of nitrogens with two attached hydrogens (primary N) is 1. The number of rotatable bonds is 5. The van der Waals surface area contributed by atoms with Gasteiger partial charge in [0.1, 0.15) is 6.04 Å². The number of hydrogen-bond acceptors (Lipinski definition) is 3. The Morgan fingerprint density at radius 1 is 1.17 bits per heavy atom. The summed E-state index contributed by atoms with van der Waals surface area (Å²) in [6.45, 7) is 7.78. The van der Waals surface area contributed by atoms with Crippen molar-refractivity contribution in [3.63, 3.8) is 0 Å². The largest absolute Gasteiger partial charge is 0.357 e. The van der Waals surface area contributed by atoms with Crippen molar-refractivity contribution in [3.8, 4) is 0 Å². The zero-order chi connectivity index (χ0) is 14.0. The van der Waals surface area contributed by atoms with Gasteiger partial charge in [0.2, 0.25) is 11.8 Å². The lowest BCUT2D eigenvalue weighted by molar-refractivity contribution is -0.130. The van der Waals surface area contributed by atoms with Crippen molar-refractivity contribution >= 4 is 35.8 Å². The molecule has 112 valence electrons. The van der Waals surface area contributed by atoms with Crippen LogP contribution in [0.4, 0.5) is 0 Å². The van der Waals surface area contributed by atoms with Crippen molar-refractivity contribution in [1.29, 1.82) is 0 Å². The zero-order valence-corrected chi connectivity index (χ0v) is 14.6. The summed E-state index contributed by atoms with van der Waals surface area (Å²) in [6, 6.07) is -0.429. The lowest BCUT2D eigenvalue weighted by Crippen LogP contribution is -2.48. The van der Waals surface area contributed by atoms with Crippen molar-refractivity contribution in [2.45, 2.75) is 40.2 Å². The quantitative estimate of drug-likeness (QED) is 0.635. The summed E-state index contributed by atoms with van der Waals surface area (Å²) in [6.07, 6.45) is 0.459. The molecule has 0 bridgehead atoms. The van der Waals surface area contributed by atoms with Crippen LogP contribution >= 0.6 is 24.0 Å². The van der Waals surface area contributed by atoms with Crippen LogP contribution in [-0.2, 0) is 9.59 Å². The van der Waals surface area contributed by atoms with Crippen LogP contribution in [0.1, 0.15) is 35.5 Å². The van der Waals surface area contributed by atoms with Gasteiger partial charge in [-0.1, -0.05) is 27.7 Å². The van der Waals surface area contributed by atoms with Crippen LogP contribution in [0.15, 0.2) is 0 Å². The van der Waals surface area contributed by atoms with Gasteiger partial charge >= 0.3 is 0 Å². The maximum Gasteiger partial charge on any atom is 0.242 e. The molecular formula is C12H30IN3O2. The van der Waals surface area contributed by atoms with E-state index in [4.69, 9.17) is 0 Å². The van der Waals surface area contributed by atoms with Gasteiger partial charge in [-0.25, -0.2) is 0 Å². The second-order valence-corrected chi connectivity index (χ2v) is 4.50. The van der Waals surface area contributed by atoms with E-state index in [2.05, 4.69) is 16.4 Å². The van der Waals surface area contributed by atoms with Gasteiger partial charge < -0.3 is 16.4 Å². The molecule has 4 N–H and O–H groups in total. The third-order valence-electron chi connectivity index (χ3n) is 2.11. The highest BCUT2D eigenvalue weighted by atomic mass is 127. The molecule has 0 rings (SSSR count). The molecule has 18 heavy (non-hydrogen) atoms. The Labute approximate surface area is 129 Å². The fourth-order valence-electron chi connectivity index (χ4n) is 1.29. The van der Waals surface area contributed by atoms with Crippen molar-refractivity contribution in [2.75, 3.05) is 14.1 Å². The van der Waals surface area contributed by atoms with Crippen LogP contribution in [0.3, 0.4) is 0 Å². The summed E-state index contributed by atoms with van der Waals surface area (Å²) in [4.78, 5) is 22.9. The standard InChI is InChI=1S/C11H22N2O2.CH5N.HI.H2/c1-7(2)6-9(14)13-10(8(3)4)11(15)12-5;1-2;;/h7-8,10H,6H2,1-5H3,(H,12,15)(H,13,14);2H2,1H3;2*1H/t10-;;;/m0.../s1. The van der Waals surface area contributed by atoms with Gasteiger partial charge in [-0.3, -0.25) is 9.59 Å². The molecule has 0 aliphatic carbocycles. The van der Waals surface area contributed by atoms with E-state index in [9.17, 15) is 9.59 Å². The molecule has 0 aliphatic rings. The van der Waals surface area contributed by atoms with E-state index in [0.717, 1.165) is 0 Å². The first-order valence-corrected chi connectivity index (χ1v) is 5.97. The predicted octanol–water partition coefficient (Wildman–Crippen LogP) is 1.36. The molecule has 0 spiro atoms. The Balaban J connectivity index is -0.000000267. The van der Waals surface area contributed by atoms with Crippen LogP contribution < -0.4 is 16.4 Å². The average molecular weight is 375 g/mol.